The summed E-state index contributed by atoms with van der Waals surface area (Å²) in [6.07, 6.45) is 0. The van der Waals surface area contributed by atoms with Crippen LogP contribution >= 0.6 is 20.2 Å². The number of carbonyl (C=O) groups is 1. The quantitative estimate of drug-likeness (QED) is 0.620. The largest absolute Gasteiger partial charge is 1.00 e. The van der Waals surface area contributed by atoms with E-state index in [2.05, 4.69) is 13.0 Å². The van der Waals surface area contributed by atoms with E-state index in [9.17, 15) is 4.79 Å². The first-order valence-electron chi connectivity index (χ1n) is 6.13. The van der Waals surface area contributed by atoms with Crippen LogP contribution in [-0.4, -0.2) is 5.52 Å². The Morgan fingerprint density at radius 2 is 1.80 bits per heavy atom. The zero-order valence-corrected chi connectivity index (χ0v) is 14.0. The predicted molar refractivity (Wildman–Crippen MR) is 85.5 cm³/mol. The molecule has 2 rings (SSSR count). The number of aryl methyl sites for hydroxylation is 3. The number of benzene rings is 2. The summed E-state index contributed by atoms with van der Waals surface area (Å²) in [4.78, 5) is 12.4. The molecule has 0 amide bonds. The Hall–Kier alpha value is -0.573. The molecule has 2 aromatic carbocycles. The summed E-state index contributed by atoms with van der Waals surface area (Å²) in [7, 11) is 0.120. The second-order valence-electron chi connectivity index (χ2n) is 4.70. The van der Waals surface area contributed by atoms with E-state index < -0.39 is 0 Å². The minimum Gasteiger partial charge on any atom is -1.00 e. The van der Waals surface area contributed by atoms with Gasteiger partial charge >= 0.3 is 18.9 Å². The van der Waals surface area contributed by atoms with Crippen molar-refractivity contribution in [2.45, 2.75) is 20.8 Å². The molecule has 20 heavy (non-hydrogen) atoms. The average molecular weight is 299 g/mol. The van der Waals surface area contributed by atoms with Gasteiger partial charge in [-0.05, 0) is 51.8 Å². The third-order valence-electron chi connectivity index (χ3n) is 3.08. The van der Waals surface area contributed by atoms with Gasteiger partial charge < -0.3 is 1.43 Å². The first-order valence-corrected chi connectivity index (χ1v) is 7.50. The molecule has 0 aromatic heterocycles. The SMILES string of the molecule is Cc1ccc(PC(=O)c2c(C)cccc2Cl)c(C)c1.[H-].[Li+]. The summed E-state index contributed by atoms with van der Waals surface area (Å²) in [5.74, 6) is 0. The average Bonchev–Trinajstić information content (AvgIpc) is 2.32. The number of hydrogen-bond acceptors (Lipinski definition) is 1. The van der Waals surface area contributed by atoms with Gasteiger partial charge in [0.05, 0.1) is 5.02 Å². The van der Waals surface area contributed by atoms with Gasteiger partial charge in [-0.3, -0.25) is 4.79 Å². The van der Waals surface area contributed by atoms with E-state index in [1.165, 1.54) is 5.56 Å². The molecule has 0 saturated carbocycles. The monoisotopic (exact) mass is 298 g/mol. The van der Waals surface area contributed by atoms with E-state index in [4.69, 9.17) is 11.6 Å². The van der Waals surface area contributed by atoms with Crippen molar-refractivity contribution < 1.29 is 25.1 Å². The molecular weight excluding hydrogens is 282 g/mol. The van der Waals surface area contributed by atoms with Crippen LogP contribution in [0, 0.1) is 20.8 Å². The maximum Gasteiger partial charge on any atom is 1.00 e. The number of carbonyl (C=O) groups excluding carboxylic acids is 1. The number of hydrogen-bond donors (Lipinski definition) is 0. The summed E-state index contributed by atoms with van der Waals surface area (Å²) in [6.45, 7) is 6.02. The first-order chi connectivity index (χ1) is 8.99. The van der Waals surface area contributed by atoms with Crippen LogP contribution in [0.3, 0.4) is 0 Å². The number of halogens is 1. The molecule has 2 aromatic rings. The molecule has 1 atom stereocenters. The summed E-state index contributed by atoms with van der Waals surface area (Å²) in [6, 6.07) is 11.7. The van der Waals surface area contributed by atoms with Crippen molar-refractivity contribution in [3.05, 3.63) is 63.7 Å². The minimum absolute atomic E-state index is 0. The fraction of sp³-hybridized carbons (Fsp3) is 0.188. The fourth-order valence-electron chi connectivity index (χ4n) is 2.06. The molecule has 0 aliphatic carbocycles. The standard InChI is InChI=1S/C16H16ClOP.Li.H/c1-10-7-8-14(12(3)9-10)19-16(18)15-11(2)5-4-6-13(15)17;;/h4-9,19H,1-3H3;;/q;+1;-1. The molecule has 100 valence electrons. The maximum absolute atomic E-state index is 12.4. The molecule has 0 N–H and O–H groups in total. The van der Waals surface area contributed by atoms with Crippen LogP contribution in [-0.2, 0) is 0 Å². The Bertz CT molecular complexity index is 626. The second-order valence-corrected chi connectivity index (χ2v) is 6.35. The van der Waals surface area contributed by atoms with Gasteiger partial charge in [0.25, 0.3) is 0 Å². The van der Waals surface area contributed by atoms with Crippen molar-refractivity contribution in [1.82, 2.24) is 0 Å². The van der Waals surface area contributed by atoms with Gasteiger partial charge in [0, 0.05) is 5.56 Å². The molecule has 0 saturated heterocycles. The molecule has 0 aliphatic heterocycles. The molecular formula is C16H17ClLiOP. The molecule has 0 aliphatic rings. The zero-order chi connectivity index (χ0) is 14.0. The van der Waals surface area contributed by atoms with Crippen molar-refractivity contribution >= 4 is 31.0 Å². The van der Waals surface area contributed by atoms with Crippen LogP contribution in [0.5, 0.6) is 0 Å². The van der Waals surface area contributed by atoms with E-state index in [0.29, 0.717) is 10.6 Å². The fourth-order valence-corrected chi connectivity index (χ4v) is 3.58. The first kappa shape index (κ1) is 17.5. The Balaban J connectivity index is 0.00000200. The Labute approximate surface area is 140 Å². The van der Waals surface area contributed by atoms with Gasteiger partial charge in [0.1, 0.15) is 0 Å². The summed E-state index contributed by atoms with van der Waals surface area (Å²) in [5, 5.41) is 1.64. The van der Waals surface area contributed by atoms with Crippen molar-refractivity contribution in [3.63, 3.8) is 0 Å². The third kappa shape index (κ3) is 3.97. The van der Waals surface area contributed by atoms with E-state index in [1.807, 2.05) is 38.1 Å². The Morgan fingerprint density at radius 3 is 2.40 bits per heavy atom. The van der Waals surface area contributed by atoms with Crippen molar-refractivity contribution in [3.8, 4) is 0 Å². The molecule has 4 heteroatoms. The van der Waals surface area contributed by atoms with Crippen molar-refractivity contribution in [2.24, 2.45) is 0 Å². The topological polar surface area (TPSA) is 17.1 Å². The molecule has 1 nitrogen and oxygen atoms in total. The van der Waals surface area contributed by atoms with E-state index in [0.717, 1.165) is 16.4 Å². The van der Waals surface area contributed by atoms with Crippen LogP contribution in [0.25, 0.3) is 0 Å². The second kappa shape index (κ2) is 7.44. The van der Waals surface area contributed by atoms with E-state index in [1.54, 1.807) is 6.07 Å². The normalized spacial score (nSPS) is 10.6. The molecule has 0 fully saturated rings. The Morgan fingerprint density at radius 1 is 1.10 bits per heavy atom. The molecule has 1 unspecified atom stereocenters. The summed E-state index contributed by atoms with van der Waals surface area (Å²) < 4.78 is 0. The number of rotatable bonds is 3. The van der Waals surface area contributed by atoms with Crippen molar-refractivity contribution in [1.29, 1.82) is 0 Å². The van der Waals surface area contributed by atoms with Gasteiger partial charge in [0.15, 0.2) is 5.52 Å². The van der Waals surface area contributed by atoms with Gasteiger partial charge in [-0.2, -0.15) is 0 Å². The van der Waals surface area contributed by atoms with Gasteiger partial charge in [-0.15, -0.1) is 0 Å². The van der Waals surface area contributed by atoms with Crippen LogP contribution in [0.15, 0.2) is 36.4 Å². The van der Waals surface area contributed by atoms with Gasteiger partial charge in [0.2, 0.25) is 0 Å². The van der Waals surface area contributed by atoms with Crippen molar-refractivity contribution in [2.75, 3.05) is 0 Å². The van der Waals surface area contributed by atoms with E-state index >= 15 is 0 Å². The van der Waals surface area contributed by atoms with Gasteiger partial charge in [-0.25, -0.2) is 0 Å². The zero-order valence-electron chi connectivity index (χ0n) is 13.3. The summed E-state index contributed by atoms with van der Waals surface area (Å²) in [5.41, 5.74) is 4.08. The minimum atomic E-state index is 0. The van der Waals surface area contributed by atoms with Gasteiger partial charge in [-0.1, -0.05) is 47.5 Å². The maximum atomic E-state index is 12.4. The smallest absolute Gasteiger partial charge is 1.00 e. The third-order valence-corrected chi connectivity index (χ3v) is 4.70. The van der Waals surface area contributed by atoms with Crippen LogP contribution in [0.2, 0.25) is 5.02 Å². The van der Waals surface area contributed by atoms with Crippen LogP contribution < -0.4 is 24.2 Å². The molecule has 0 heterocycles. The predicted octanol–water partition coefficient (Wildman–Crippen LogP) is 1.53. The molecule has 0 radical (unpaired) electrons. The van der Waals surface area contributed by atoms with Crippen LogP contribution in [0.1, 0.15) is 28.5 Å². The van der Waals surface area contributed by atoms with E-state index in [-0.39, 0.29) is 34.4 Å². The molecule has 0 spiro atoms. The molecule has 0 bridgehead atoms. The Kier molecular flexibility index (Phi) is 6.50. The summed E-state index contributed by atoms with van der Waals surface area (Å²) >= 11 is 6.14. The van der Waals surface area contributed by atoms with Crippen LogP contribution in [0.4, 0.5) is 0 Å².